The Balaban J connectivity index is 1.66. The molecular weight excluding hydrogens is 482 g/mol. The fraction of sp³-hybridized carbons (Fsp3) is 0.400. The van der Waals surface area contributed by atoms with E-state index in [0.717, 1.165) is 43.1 Å². The monoisotopic (exact) mass is 510 g/mol. The van der Waals surface area contributed by atoms with E-state index in [0.29, 0.717) is 39.9 Å². The number of thioether (sulfide) groups is 1. The molecule has 36 heavy (non-hydrogen) atoms. The Morgan fingerprint density at radius 3 is 2.61 bits per heavy atom. The number of halogens is 2. The molecule has 0 amide bonds. The molecule has 1 aromatic carbocycles. The zero-order valence-corrected chi connectivity index (χ0v) is 21.2. The number of fused-ring (bicyclic) bond motifs is 1. The van der Waals surface area contributed by atoms with E-state index in [4.69, 9.17) is 10.1 Å². The van der Waals surface area contributed by atoms with Crippen molar-refractivity contribution in [3.63, 3.8) is 0 Å². The van der Waals surface area contributed by atoms with Gasteiger partial charge in [0.1, 0.15) is 40.3 Å². The Hall–Kier alpha value is -3.36. The minimum atomic E-state index is -0.605. The molecule has 3 aromatic rings. The lowest BCUT2D eigenvalue weighted by Gasteiger charge is -2.36. The molecule has 5 rings (SSSR count). The lowest BCUT2D eigenvalue weighted by molar-refractivity contribution is 0.373. The number of pyridine rings is 1. The van der Waals surface area contributed by atoms with Crippen LogP contribution >= 0.6 is 11.8 Å². The molecule has 0 radical (unpaired) electrons. The standard InChI is InChI=1S/C25H28F2N8S/c1-3-33-25(23-22(31-33)17(2)14-21(30-23)32-12-9-29-10-13-32)34(11-8-26)35-16-36-20(15-28)24(35)18-4-6-19(27)7-5-18/h4-7,14,29H,3,8-13,16H2,1-2H3. The van der Waals surface area contributed by atoms with Crippen LogP contribution in [0.1, 0.15) is 18.1 Å². The van der Waals surface area contributed by atoms with Gasteiger partial charge in [0.2, 0.25) is 0 Å². The molecule has 2 aliphatic heterocycles. The van der Waals surface area contributed by atoms with Crippen LogP contribution < -0.4 is 15.2 Å². The van der Waals surface area contributed by atoms with E-state index in [9.17, 15) is 14.0 Å². The number of nitrogens with zero attached hydrogens (tertiary/aromatic N) is 7. The van der Waals surface area contributed by atoms with E-state index in [1.807, 2.05) is 28.5 Å². The lowest BCUT2D eigenvalue weighted by atomic mass is 10.1. The van der Waals surface area contributed by atoms with Crippen LogP contribution in [-0.2, 0) is 6.54 Å². The summed E-state index contributed by atoms with van der Waals surface area (Å²) in [4.78, 5) is 7.79. The molecule has 0 saturated carbocycles. The minimum absolute atomic E-state index is 0.0589. The van der Waals surface area contributed by atoms with Crippen molar-refractivity contribution >= 4 is 40.1 Å². The number of nitrogens with one attached hydrogen (secondary N) is 1. The van der Waals surface area contributed by atoms with E-state index >= 15 is 0 Å². The number of aromatic nitrogens is 3. The first-order valence-electron chi connectivity index (χ1n) is 12.0. The van der Waals surface area contributed by atoms with Gasteiger partial charge in [-0.15, -0.1) is 0 Å². The summed E-state index contributed by atoms with van der Waals surface area (Å²) in [5.41, 5.74) is 3.80. The molecule has 1 saturated heterocycles. The highest BCUT2D eigenvalue weighted by molar-refractivity contribution is 8.03. The number of hydrazine groups is 1. The van der Waals surface area contributed by atoms with E-state index < -0.39 is 6.67 Å². The lowest BCUT2D eigenvalue weighted by Crippen LogP contribution is -2.44. The molecule has 2 aliphatic rings. The second-order valence-corrected chi connectivity index (χ2v) is 9.61. The Bertz CT molecular complexity index is 1320. The van der Waals surface area contributed by atoms with Crippen LogP contribution in [0.5, 0.6) is 0 Å². The molecule has 1 N–H and O–H groups in total. The van der Waals surface area contributed by atoms with Gasteiger partial charge in [-0.1, -0.05) is 11.8 Å². The van der Waals surface area contributed by atoms with Crippen molar-refractivity contribution in [3.05, 3.63) is 52.2 Å². The van der Waals surface area contributed by atoms with E-state index in [2.05, 4.69) is 22.4 Å². The molecule has 0 atom stereocenters. The largest absolute Gasteiger partial charge is 0.354 e. The van der Waals surface area contributed by atoms with Crippen molar-refractivity contribution in [2.45, 2.75) is 20.4 Å². The maximum Gasteiger partial charge on any atom is 0.172 e. The number of hydrogen-bond donors (Lipinski definition) is 1. The summed E-state index contributed by atoms with van der Waals surface area (Å²) in [6.45, 7) is 7.53. The SMILES string of the molecule is CCn1nc2c(C)cc(N3CCNCC3)nc2c1N(CCF)N1CSC(C#N)=C1c1ccc(F)cc1. The third-order valence-electron chi connectivity index (χ3n) is 6.44. The normalized spacial score (nSPS) is 16.2. The highest BCUT2D eigenvalue weighted by Gasteiger charge is 2.33. The third-order valence-corrected chi connectivity index (χ3v) is 7.39. The number of aryl methyl sites for hydroxylation is 2. The average Bonchev–Trinajstić information content (AvgIpc) is 3.50. The molecule has 1 fully saturated rings. The number of benzene rings is 1. The first-order chi connectivity index (χ1) is 17.5. The second-order valence-electron chi connectivity index (χ2n) is 8.65. The average molecular weight is 511 g/mol. The maximum absolute atomic E-state index is 14.1. The zero-order valence-electron chi connectivity index (χ0n) is 20.3. The molecule has 0 aliphatic carbocycles. The predicted molar refractivity (Wildman–Crippen MR) is 140 cm³/mol. The second kappa shape index (κ2) is 10.3. The van der Waals surface area contributed by atoms with Gasteiger partial charge >= 0.3 is 0 Å². The van der Waals surface area contributed by atoms with Crippen LogP contribution in [0.3, 0.4) is 0 Å². The van der Waals surface area contributed by atoms with E-state index in [-0.39, 0.29) is 12.4 Å². The minimum Gasteiger partial charge on any atom is -0.354 e. The Morgan fingerprint density at radius 2 is 1.94 bits per heavy atom. The van der Waals surface area contributed by atoms with Gasteiger partial charge in [0.25, 0.3) is 0 Å². The summed E-state index contributed by atoms with van der Waals surface area (Å²) in [6, 6.07) is 10.4. The van der Waals surface area contributed by atoms with Crippen LogP contribution in [0.4, 0.5) is 20.4 Å². The van der Waals surface area contributed by atoms with Crippen LogP contribution in [0, 0.1) is 24.1 Å². The zero-order chi connectivity index (χ0) is 25.2. The summed E-state index contributed by atoms with van der Waals surface area (Å²) in [5, 5.41) is 21.8. The summed E-state index contributed by atoms with van der Waals surface area (Å²) in [5.74, 6) is 1.62. The molecule has 4 heterocycles. The molecular formula is C25H28F2N8S. The summed E-state index contributed by atoms with van der Waals surface area (Å²) >= 11 is 1.38. The highest BCUT2D eigenvalue weighted by atomic mass is 32.2. The van der Waals surface area contributed by atoms with Crippen LogP contribution in [-0.4, -0.2) is 65.0 Å². The van der Waals surface area contributed by atoms with Gasteiger partial charge in [-0.3, -0.25) is 10.0 Å². The van der Waals surface area contributed by atoms with Gasteiger partial charge in [-0.2, -0.15) is 10.4 Å². The molecule has 11 heteroatoms. The summed E-state index contributed by atoms with van der Waals surface area (Å²) in [6.07, 6.45) is 0. The van der Waals surface area contributed by atoms with E-state index in [1.54, 1.807) is 12.1 Å². The van der Waals surface area contributed by atoms with Gasteiger partial charge < -0.3 is 10.2 Å². The first kappa shape index (κ1) is 24.3. The smallest absolute Gasteiger partial charge is 0.172 e. The number of nitriles is 1. The van der Waals surface area contributed by atoms with Gasteiger partial charge in [0.15, 0.2) is 5.82 Å². The number of allylic oxidation sites excluding steroid dienone is 1. The molecule has 2 aromatic heterocycles. The van der Waals surface area contributed by atoms with Crippen molar-refractivity contribution < 1.29 is 8.78 Å². The Morgan fingerprint density at radius 1 is 1.19 bits per heavy atom. The predicted octanol–water partition coefficient (Wildman–Crippen LogP) is 3.90. The van der Waals surface area contributed by atoms with Crippen LogP contribution in [0.25, 0.3) is 16.7 Å². The van der Waals surface area contributed by atoms with Crippen molar-refractivity contribution in [1.29, 1.82) is 5.26 Å². The first-order valence-corrected chi connectivity index (χ1v) is 13.0. The van der Waals surface area contributed by atoms with Crippen molar-refractivity contribution in [1.82, 2.24) is 25.1 Å². The molecule has 0 unspecified atom stereocenters. The van der Waals surface area contributed by atoms with Crippen molar-refractivity contribution in [2.24, 2.45) is 0 Å². The van der Waals surface area contributed by atoms with Crippen molar-refractivity contribution in [3.8, 4) is 6.07 Å². The quantitative estimate of drug-likeness (QED) is 0.513. The number of piperazine rings is 1. The topological polar surface area (TPSA) is 76.2 Å². The van der Waals surface area contributed by atoms with Crippen LogP contribution in [0.2, 0.25) is 0 Å². The van der Waals surface area contributed by atoms with Gasteiger partial charge in [-0.25, -0.2) is 18.4 Å². The van der Waals surface area contributed by atoms with Gasteiger partial charge in [0.05, 0.1) is 18.1 Å². The Labute approximate surface area is 213 Å². The fourth-order valence-corrected chi connectivity index (χ4v) is 5.66. The van der Waals surface area contributed by atoms with E-state index in [1.165, 1.54) is 23.9 Å². The molecule has 8 nitrogen and oxygen atoms in total. The number of rotatable bonds is 7. The maximum atomic E-state index is 14.1. The van der Waals surface area contributed by atoms with Crippen LogP contribution in [0.15, 0.2) is 35.2 Å². The summed E-state index contributed by atoms with van der Waals surface area (Å²) < 4.78 is 29.6. The van der Waals surface area contributed by atoms with Crippen molar-refractivity contribution in [2.75, 3.05) is 55.2 Å². The highest BCUT2D eigenvalue weighted by Crippen LogP contribution is 2.41. The van der Waals surface area contributed by atoms with Gasteiger partial charge in [0, 0.05) is 38.3 Å². The number of alkyl halides is 1. The molecule has 188 valence electrons. The molecule has 0 spiro atoms. The number of anilines is 2. The summed E-state index contributed by atoms with van der Waals surface area (Å²) in [7, 11) is 0. The van der Waals surface area contributed by atoms with Gasteiger partial charge in [-0.05, 0) is 49.7 Å². The fourth-order valence-electron chi connectivity index (χ4n) is 4.71. The number of hydrogen-bond acceptors (Lipinski definition) is 8. The Kier molecular flexibility index (Phi) is 6.98. The molecule has 0 bridgehead atoms. The third kappa shape index (κ3) is 4.35.